The number of rotatable bonds is 8. The molecule has 0 radical (unpaired) electrons. The first-order valence-corrected chi connectivity index (χ1v) is 8.48. The van der Waals surface area contributed by atoms with E-state index in [-0.39, 0.29) is 0 Å². The van der Waals surface area contributed by atoms with Crippen LogP contribution in [-0.2, 0) is 4.79 Å². The Morgan fingerprint density at radius 1 is 1.15 bits per heavy atom. The van der Waals surface area contributed by atoms with Gasteiger partial charge in [-0.3, -0.25) is 4.79 Å². The average Bonchev–Trinajstić information content (AvgIpc) is 2.65. The maximum absolute atomic E-state index is 11.6. The number of amides is 1. The maximum Gasteiger partial charge on any atom is 0.271 e. The molecule has 0 unspecified atom stereocenters. The molecule has 2 aromatic rings. The van der Waals surface area contributed by atoms with Crippen LogP contribution in [0, 0.1) is 0 Å². The summed E-state index contributed by atoms with van der Waals surface area (Å²) in [4.78, 5) is 11.6. The molecule has 0 aliphatic rings. The highest BCUT2D eigenvalue weighted by atomic mass is 16.5. The van der Waals surface area contributed by atoms with Crippen LogP contribution >= 0.6 is 0 Å². The Balaban J connectivity index is 1.95. The van der Waals surface area contributed by atoms with E-state index in [0.29, 0.717) is 18.1 Å². The molecular formula is C21H24N2O4. The van der Waals surface area contributed by atoms with E-state index in [4.69, 9.17) is 9.47 Å². The Hall–Kier alpha value is -3.12. The summed E-state index contributed by atoms with van der Waals surface area (Å²) in [5, 5.41) is 13.4. The molecule has 0 aliphatic carbocycles. The van der Waals surface area contributed by atoms with E-state index in [1.807, 2.05) is 42.5 Å². The van der Waals surface area contributed by atoms with Crippen LogP contribution < -0.4 is 14.9 Å². The summed E-state index contributed by atoms with van der Waals surface area (Å²) in [7, 11) is 1.55. The Bertz CT molecular complexity index is 809. The highest BCUT2D eigenvalue weighted by molar-refractivity contribution is 5.86. The quantitative estimate of drug-likeness (QED) is 0.554. The largest absolute Gasteiger partial charge is 0.493 e. The number of hydrazone groups is 1. The number of hydrogen-bond acceptors (Lipinski definition) is 5. The summed E-state index contributed by atoms with van der Waals surface area (Å²) in [6, 6.07) is 15.3. The number of carbonyl (C=O) groups excluding carboxylic acids is 1. The Kier molecular flexibility index (Phi) is 7.14. The first-order chi connectivity index (χ1) is 12.9. The lowest BCUT2D eigenvalue weighted by Gasteiger charge is -2.13. The highest BCUT2D eigenvalue weighted by Gasteiger charge is 2.22. The molecule has 2 rings (SSSR count). The first kappa shape index (κ1) is 20.2. The fourth-order valence-electron chi connectivity index (χ4n) is 2.07. The van der Waals surface area contributed by atoms with Crippen molar-refractivity contribution in [2.24, 2.45) is 5.10 Å². The summed E-state index contributed by atoms with van der Waals surface area (Å²) < 4.78 is 11.1. The maximum atomic E-state index is 11.6. The monoisotopic (exact) mass is 368 g/mol. The fourth-order valence-corrected chi connectivity index (χ4v) is 2.07. The van der Waals surface area contributed by atoms with Gasteiger partial charge in [0, 0.05) is 0 Å². The van der Waals surface area contributed by atoms with Crippen LogP contribution in [0.25, 0.3) is 6.08 Å². The lowest BCUT2D eigenvalue weighted by molar-refractivity contribution is -0.136. The predicted molar refractivity (Wildman–Crippen MR) is 106 cm³/mol. The zero-order chi connectivity index (χ0) is 19.7. The third-order valence-corrected chi connectivity index (χ3v) is 3.57. The number of benzene rings is 2. The SMILES string of the molecule is COc1cc(/C=N\NC(=O)C(C)(C)O)ccc1OC/C=C/c1ccccc1. The van der Waals surface area contributed by atoms with Gasteiger partial charge in [-0.2, -0.15) is 5.10 Å². The Labute approximate surface area is 159 Å². The molecule has 6 heteroatoms. The van der Waals surface area contributed by atoms with E-state index in [1.165, 1.54) is 20.1 Å². The fraction of sp³-hybridized carbons (Fsp3) is 0.238. The van der Waals surface area contributed by atoms with E-state index in [9.17, 15) is 9.90 Å². The molecule has 27 heavy (non-hydrogen) atoms. The van der Waals surface area contributed by atoms with Crippen molar-refractivity contribution in [1.29, 1.82) is 0 Å². The minimum atomic E-state index is -1.49. The van der Waals surface area contributed by atoms with Crippen molar-refractivity contribution >= 4 is 18.2 Å². The predicted octanol–water partition coefficient (Wildman–Crippen LogP) is 3.01. The molecule has 0 fully saturated rings. The number of ether oxygens (including phenoxy) is 2. The second-order valence-corrected chi connectivity index (χ2v) is 6.29. The van der Waals surface area contributed by atoms with E-state index in [1.54, 1.807) is 25.3 Å². The van der Waals surface area contributed by atoms with Crippen LogP contribution in [-0.4, -0.2) is 36.5 Å². The van der Waals surface area contributed by atoms with Crippen LogP contribution in [0.1, 0.15) is 25.0 Å². The Morgan fingerprint density at radius 2 is 1.89 bits per heavy atom. The standard InChI is InChI=1S/C21H24N2O4/c1-21(2,25)20(24)23-22-15-17-11-12-18(19(14-17)26-3)27-13-7-10-16-8-5-4-6-9-16/h4-12,14-15,25H,13H2,1-3H3,(H,23,24)/b10-7+,22-15-. The van der Waals surface area contributed by atoms with Gasteiger partial charge in [0.1, 0.15) is 12.2 Å². The second-order valence-electron chi connectivity index (χ2n) is 6.29. The molecule has 1 amide bonds. The lowest BCUT2D eigenvalue weighted by atomic mass is 10.1. The zero-order valence-electron chi connectivity index (χ0n) is 15.7. The number of hydrogen-bond donors (Lipinski definition) is 2. The molecule has 0 saturated carbocycles. The van der Waals surface area contributed by atoms with Crippen molar-refractivity contribution in [3.63, 3.8) is 0 Å². The summed E-state index contributed by atoms with van der Waals surface area (Å²) in [6.45, 7) is 3.18. The van der Waals surface area contributed by atoms with Gasteiger partial charge in [0.25, 0.3) is 5.91 Å². The molecule has 0 bridgehead atoms. The zero-order valence-corrected chi connectivity index (χ0v) is 15.7. The van der Waals surface area contributed by atoms with Crippen LogP contribution in [0.15, 0.2) is 59.7 Å². The number of nitrogens with zero attached hydrogens (tertiary/aromatic N) is 1. The molecule has 142 valence electrons. The van der Waals surface area contributed by atoms with E-state index < -0.39 is 11.5 Å². The van der Waals surface area contributed by atoms with Crippen molar-refractivity contribution in [2.45, 2.75) is 19.4 Å². The summed E-state index contributed by atoms with van der Waals surface area (Å²) in [6.07, 6.45) is 5.38. The summed E-state index contributed by atoms with van der Waals surface area (Å²) in [5.74, 6) is 0.574. The number of aliphatic hydroxyl groups is 1. The molecule has 0 atom stereocenters. The van der Waals surface area contributed by atoms with Gasteiger partial charge in [0.2, 0.25) is 0 Å². The second kappa shape index (κ2) is 9.54. The summed E-state index contributed by atoms with van der Waals surface area (Å²) >= 11 is 0. The minimum Gasteiger partial charge on any atom is -0.493 e. The molecule has 0 saturated heterocycles. The molecule has 2 N–H and O–H groups in total. The summed E-state index contributed by atoms with van der Waals surface area (Å²) in [5.41, 5.74) is 2.62. The minimum absolute atomic E-state index is 0.403. The lowest BCUT2D eigenvalue weighted by Crippen LogP contribution is -2.39. The van der Waals surface area contributed by atoms with Crippen molar-refractivity contribution in [3.05, 3.63) is 65.7 Å². The van der Waals surface area contributed by atoms with E-state index in [2.05, 4.69) is 10.5 Å². The third kappa shape index (κ3) is 6.60. The van der Waals surface area contributed by atoms with Crippen LogP contribution in [0.4, 0.5) is 0 Å². The van der Waals surface area contributed by atoms with Crippen molar-refractivity contribution in [2.75, 3.05) is 13.7 Å². The van der Waals surface area contributed by atoms with Gasteiger partial charge in [-0.05, 0) is 49.2 Å². The van der Waals surface area contributed by atoms with Gasteiger partial charge in [-0.15, -0.1) is 0 Å². The topological polar surface area (TPSA) is 80.2 Å². The first-order valence-electron chi connectivity index (χ1n) is 8.48. The van der Waals surface area contributed by atoms with Gasteiger partial charge in [-0.1, -0.05) is 36.4 Å². The smallest absolute Gasteiger partial charge is 0.271 e. The van der Waals surface area contributed by atoms with Gasteiger partial charge in [-0.25, -0.2) is 5.43 Å². The molecule has 0 heterocycles. The molecule has 0 aromatic heterocycles. The third-order valence-electron chi connectivity index (χ3n) is 3.57. The van der Waals surface area contributed by atoms with E-state index >= 15 is 0 Å². The molecule has 0 spiro atoms. The number of nitrogens with one attached hydrogen (secondary N) is 1. The van der Waals surface area contributed by atoms with E-state index in [0.717, 1.165) is 11.1 Å². The van der Waals surface area contributed by atoms with Crippen LogP contribution in [0.2, 0.25) is 0 Å². The van der Waals surface area contributed by atoms with Crippen LogP contribution in [0.3, 0.4) is 0 Å². The van der Waals surface area contributed by atoms with Crippen LogP contribution in [0.5, 0.6) is 11.5 Å². The number of methoxy groups -OCH3 is 1. The van der Waals surface area contributed by atoms with Crippen molar-refractivity contribution in [1.82, 2.24) is 5.43 Å². The van der Waals surface area contributed by atoms with Crippen molar-refractivity contribution in [3.8, 4) is 11.5 Å². The highest BCUT2D eigenvalue weighted by Crippen LogP contribution is 2.27. The molecular weight excluding hydrogens is 344 g/mol. The normalized spacial score (nSPS) is 11.7. The van der Waals surface area contributed by atoms with Gasteiger partial charge < -0.3 is 14.6 Å². The van der Waals surface area contributed by atoms with Gasteiger partial charge >= 0.3 is 0 Å². The van der Waals surface area contributed by atoms with Gasteiger partial charge in [0.15, 0.2) is 11.5 Å². The molecule has 6 nitrogen and oxygen atoms in total. The molecule has 0 aliphatic heterocycles. The molecule has 2 aromatic carbocycles. The average molecular weight is 368 g/mol. The Morgan fingerprint density at radius 3 is 2.56 bits per heavy atom. The number of carbonyl (C=O) groups is 1. The van der Waals surface area contributed by atoms with Gasteiger partial charge in [0.05, 0.1) is 13.3 Å². The van der Waals surface area contributed by atoms with Crippen molar-refractivity contribution < 1.29 is 19.4 Å².